The summed E-state index contributed by atoms with van der Waals surface area (Å²) in [5.41, 5.74) is 6.92. The minimum atomic E-state index is -0.454. The molecule has 0 radical (unpaired) electrons. The molecular formula is C20H13ClN4O2S. The molecule has 3 heterocycles. The van der Waals surface area contributed by atoms with Gasteiger partial charge in [0, 0.05) is 17.8 Å². The number of aromatic nitrogens is 2. The van der Waals surface area contributed by atoms with E-state index in [2.05, 4.69) is 20.8 Å². The fourth-order valence-electron chi connectivity index (χ4n) is 2.69. The summed E-state index contributed by atoms with van der Waals surface area (Å²) in [5.74, 6) is -0.898. The van der Waals surface area contributed by atoms with Crippen molar-refractivity contribution in [2.24, 2.45) is 0 Å². The number of halogens is 1. The van der Waals surface area contributed by atoms with Crippen LogP contribution in [0.2, 0.25) is 4.34 Å². The van der Waals surface area contributed by atoms with E-state index in [1.165, 1.54) is 17.5 Å². The minimum absolute atomic E-state index is 0.344. The third-order valence-electron chi connectivity index (χ3n) is 4.00. The van der Waals surface area contributed by atoms with Gasteiger partial charge in [0.25, 0.3) is 11.8 Å². The lowest BCUT2D eigenvalue weighted by atomic mass is 10.1. The zero-order valence-corrected chi connectivity index (χ0v) is 15.9. The zero-order valence-electron chi connectivity index (χ0n) is 14.3. The molecule has 138 valence electrons. The first-order valence-electron chi connectivity index (χ1n) is 8.28. The van der Waals surface area contributed by atoms with Crippen molar-refractivity contribution >= 4 is 45.7 Å². The maximum Gasteiger partial charge on any atom is 0.271 e. The lowest BCUT2D eigenvalue weighted by molar-refractivity contribution is 0.0847. The predicted molar refractivity (Wildman–Crippen MR) is 109 cm³/mol. The summed E-state index contributed by atoms with van der Waals surface area (Å²) in [7, 11) is 0. The maximum absolute atomic E-state index is 12.8. The second kappa shape index (κ2) is 7.75. The van der Waals surface area contributed by atoms with Gasteiger partial charge in [-0.2, -0.15) is 0 Å². The number of para-hydroxylation sites is 1. The van der Waals surface area contributed by atoms with Crippen LogP contribution in [0.4, 0.5) is 0 Å². The van der Waals surface area contributed by atoms with E-state index in [1.54, 1.807) is 30.5 Å². The van der Waals surface area contributed by atoms with Crippen LogP contribution in [-0.4, -0.2) is 21.8 Å². The van der Waals surface area contributed by atoms with Gasteiger partial charge in [-0.1, -0.05) is 29.8 Å². The van der Waals surface area contributed by atoms with Crippen molar-refractivity contribution in [3.05, 3.63) is 82.5 Å². The highest BCUT2D eigenvalue weighted by molar-refractivity contribution is 7.19. The normalized spacial score (nSPS) is 10.6. The number of amides is 2. The number of nitrogens with one attached hydrogen (secondary N) is 2. The van der Waals surface area contributed by atoms with E-state index in [9.17, 15) is 9.59 Å². The second-order valence-corrected chi connectivity index (χ2v) is 7.54. The molecule has 1 aromatic carbocycles. The van der Waals surface area contributed by atoms with Crippen molar-refractivity contribution in [2.75, 3.05) is 0 Å². The van der Waals surface area contributed by atoms with Crippen molar-refractivity contribution in [1.82, 2.24) is 20.8 Å². The summed E-state index contributed by atoms with van der Waals surface area (Å²) < 4.78 is 0.639. The first-order chi connectivity index (χ1) is 13.6. The minimum Gasteiger partial charge on any atom is -0.267 e. The number of hydrogen-bond acceptors (Lipinski definition) is 5. The molecule has 0 spiro atoms. The SMILES string of the molecule is O=C(NNC(=O)c1cc(-c2ccc(Cl)s2)nc2ccccc12)c1cccnc1. The third kappa shape index (κ3) is 3.71. The van der Waals surface area contributed by atoms with Crippen LogP contribution in [0.3, 0.4) is 0 Å². The lowest BCUT2D eigenvalue weighted by Crippen LogP contribution is -2.41. The summed E-state index contributed by atoms with van der Waals surface area (Å²) >= 11 is 7.41. The van der Waals surface area contributed by atoms with Gasteiger partial charge in [-0.15, -0.1) is 11.3 Å². The second-order valence-electron chi connectivity index (χ2n) is 5.83. The Kier molecular flexibility index (Phi) is 5.01. The smallest absolute Gasteiger partial charge is 0.267 e. The Morgan fingerprint density at radius 2 is 1.79 bits per heavy atom. The van der Waals surface area contributed by atoms with Gasteiger partial charge >= 0.3 is 0 Å². The molecule has 0 fully saturated rings. The van der Waals surface area contributed by atoms with Gasteiger partial charge in [-0.3, -0.25) is 25.4 Å². The van der Waals surface area contributed by atoms with Crippen LogP contribution >= 0.6 is 22.9 Å². The molecule has 0 aliphatic heterocycles. The van der Waals surface area contributed by atoms with Crippen LogP contribution in [0.25, 0.3) is 21.5 Å². The molecule has 28 heavy (non-hydrogen) atoms. The number of hydrogen-bond donors (Lipinski definition) is 2. The van der Waals surface area contributed by atoms with Gasteiger partial charge in [0.15, 0.2) is 0 Å². The molecule has 0 atom stereocenters. The van der Waals surface area contributed by atoms with Gasteiger partial charge in [0.1, 0.15) is 0 Å². The van der Waals surface area contributed by atoms with Crippen molar-refractivity contribution in [2.45, 2.75) is 0 Å². The summed E-state index contributed by atoms with van der Waals surface area (Å²) in [6.07, 6.45) is 2.98. The van der Waals surface area contributed by atoms with Crippen molar-refractivity contribution < 1.29 is 9.59 Å². The first kappa shape index (κ1) is 18.1. The van der Waals surface area contributed by atoms with E-state index in [-0.39, 0.29) is 0 Å². The maximum atomic E-state index is 12.8. The average molecular weight is 409 g/mol. The summed E-state index contributed by atoms with van der Waals surface area (Å²) in [6, 6.07) is 15.9. The van der Waals surface area contributed by atoms with E-state index in [4.69, 9.17) is 11.6 Å². The highest BCUT2D eigenvalue weighted by Gasteiger charge is 2.16. The topological polar surface area (TPSA) is 84.0 Å². The molecule has 8 heteroatoms. The number of carbonyl (C=O) groups is 2. The van der Waals surface area contributed by atoms with Crippen molar-refractivity contribution in [3.63, 3.8) is 0 Å². The molecule has 0 aliphatic carbocycles. The van der Waals surface area contributed by atoms with Gasteiger partial charge in [-0.05, 0) is 36.4 Å². The molecular weight excluding hydrogens is 396 g/mol. The van der Waals surface area contributed by atoms with Gasteiger partial charge in [0.2, 0.25) is 0 Å². The van der Waals surface area contributed by atoms with Crippen LogP contribution in [0.15, 0.2) is 67.0 Å². The highest BCUT2D eigenvalue weighted by Crippen LogP contribution is 2.32. The largest absolute Gasteiger partial charge is 0.271 e. The number of carbonyl (C=O) groups excluding carboxylic acids is 2. The first-order valence-corrected chi connectivity index (χ1v) is 9.47. The molecule has 0 saturated carbocycles. The third-order valence-corrected chi connectivity index (χ3v) is 5.25. The number of benzene rings is 1. The lowest BCUT2D eigenvalue weighted by Gasteiger charge is -2.11. The molecule has 2 N–H and O–H groups in total. The van der Waals surface area contributed by atoms with Gasteiger partial charge in [0.05, 0.1) is 31.6 Å². The Bertz CT molecular complexity index is 1180. The van der Waals surface area contributed by atoms with Crippen LogP contribution in [0.1, 0.15) is 20.7 Å². The molecule has 3 aromatic heterocycles. The number of pyridine rings is 2. The quantitative estimate of drug-likeness (QED) is 0.500. The van der Waals surface area contributed by atoms with Crippen LogP contribution in [0, 0.1) is 0 Å². The van der Waals surface area contributed by atoms with Gasteiger partial charge in [-0.25, -0.2) is 4.98 Å². The fraction of sp³-hybridized carbons (Fsp3) is 0. The molecule has 6 nitrogen and oxygen atoms in total. The zero-order chi connectivity index (χ0) is 19.5. The number of fused-ring (bicyclic) bond motifs is 1. The summed E-state index contributed by atoms with van der Waals surface area (Å²) in [6.45, 7) is 0. The van der Waals surface area contributed by atoms with Gasteiger partial charge < -0.3 is 0 Å². The molecule has 0 unspecified atom stereocenters. The van der Waals surface area contributed by atoms with E-state index >= 15 is 0 Å². The Morgan fingerprint density at radius 3 is 2.54 bits per heavy atom. The van der Waals surface area contributed by atoms with E-state index in [0.29, 0.717) is 32.1 Å². The highest BCUT2D eigenvalue weighted by atomic mass is 35.5. The van der Waals surface area contributed by atoms with E-state index < -0.39 is 11.8 Å². The monoisotopic (exact) mass is 408 g/mol. The summed E-state index contributed by atoms with van der Waals surface area (Å²) in [4.78, 5) is 34.3. The number of hydrazine groups is 1. The van der Waals surface area contributed by atoms with Crippen LogP contribution < -0.4 is 10.9 Å². The number of nitrogens with zero attached hydrogens (tertiary/aromatic N) is 2. The predicted octanol–water partition coefficient (Wildman–Crippen LogP) is 4.09. The molecule has 0 saturated heterocycles. The molecule has 4 aromatic rings. The number of rotatable bonds is 3. The fourth-order valence-corrected chi connectivity index (χ4v) is 3.70. The van der Waals surface area contributed by atoms with Crippen LogP contribution in [0.5, 0.6) is 0 Å². The number of thiophene rings is 1. The van der Waals surface area contributed by atoms with Crippen molar-refractivity contribution in [3.8, 4) is 10.6 Å². The Morgan fingerprint density at radius 1 is 0.964 bits per heavy atom. The summed E-state index contributed by atoms with van der Waals surface area (Å²) in [5, 5.41) is 0.682. The Balaban J connectivity index is 1.65. The van der Waals surface area contributed by atoms with E-state index in [1.807, 2.05) is 30.3 Å². The molecule has 0 aliphatic rings. The Labute approximate surface area is 169 Å². The average Bonchev–Trinajstić information content (AvgIpc) is 3.18. The van der Waals surface area contributed by atoms with Crippen molar-refractivity contribution in [1.29, 1.82) is 0 Å². The standard InChI is InChI=1S/C20H13ClN4O2S/c21-18-8-7-17(28-18)16-10-14(13-5-1-2-6-15(13)23-16)20(27)25-24-19(26)12-4-3-9-22-11-12/h1-11H,(H,24,26)(H,25,27). The van der Waals surface area contributed by atoms with E-state index in [0.717, 1.165) is 4.88 Å². The molecule has 4 rings (SSSR count). The molecule has 2 amide bonds. The van der Waals surface area contributed by atoms with Crippen LogP contribution in [-0.2, 0) is 0 Å². The molecule has 0 bridgehead atoms. The Hall–Kier alpha value is -3.29.